The lowest BCUT2D eigenvalue weighted by Crippen LogP contribution is -2.72. The van der Waals surface area contributed by atoms with E-state index < -0.39 is 240 Å². The Hall–Kier alpha value is -6.16. The van der Waals surface area contributed by atoms with Gasteiger partial charge >= 0.3 is 25.9 Å². The standard InChI is InChI=1S/C70H109N4O35P/c1-31(2)16-14-18-33(4)20-21-34(5)24-26-69(9,10)25-13-12-17-32(3)19-15-27-97-62(92)40(80)29-99-110(95,96)109-67-57(58(108-68(71)93)70(11,94)59(107-67)61(90)91)106-64-45(73-37(8)77)48(83)55(42(102-64)30-98-65-52(87)49(84)46(81)41(28-75)101-65)104-63-44(72-36(7)76)47(82)54(35(6)100-63)103-66-53(88)50(85)51(86)56(105-66)60(89)74-43-38(78)22-23-39(43)79/h13,16,19-20,25,35,40-42,44-59,63-67,75,78,80-88,94H,5,12,14-15,17-18,21-24,26-30H2,1-4,6-11H3,(H2,71,93)(H,72,76)(H,73,77)(H,74,89)(H,90,91)(H,95,96)/t35-,40-,41-,42-,44-,45-,46-,47-,48-,49+,50+,51-,52-,53-,54-,55-,56+,57-,58-,59-,63+,64+,65-,66-,67-,70+/m1/s1. The quantitative estimate of drug-likeness (QED) is 0.0144. The van der Waals surface area contributed by atoms with Crippen LogP contribution in [0.25, 0.3) is 0 Å². The molecule has 0 bridgehead atoms. The number of aliphatic carboxylic acids is 1. The maximum atomic E-state index is 13.9. The number of carbonyl (C=O) groups excluding carboxylic acids is 6. The van der Waals surface area contributed by atoms with Crippen LogP contribution >= 0.6 is 7.82 Å². The number of primary amides is 1. The van der Waals surface area contributed by atoms with Gasteiger partial charge in [0.25, 0.3) is 5.91 Å². The average Bonchev–Trinajstić information content (AvgIpc) is 0.801. The first-order valence-corrected chi connectivity index (χ1v) is 37.3. The van der Waals surface area contributed by atoms with Gasteiger partial charge in [-0.05, 0) is 98.3 Å². The molecule has 5 heterocycles. The lowest BCUT2D eigenvalue weighted by atomic mass is 9.85. The van der Waals surface area contributed by atoms with E-state index in [1.165, 1.54) is 18.1 Å². The first-order valence-electron chi connectivity index (χ1n) is 35.8. The summed E-state index contributed by atoms with van der Waals surface area (Å²) in [5.74, 6) is -7.85. The molecule has 0 saturated carbocycles. The molecule has 0 aromatic carbocycles. The fourth-order valence-corrected chi connectivity index (χ4v) is 13.6. The third kappa shape index (κ3) is 25.7. The van der Waals surface area contributed by atoms with Crippen molar-refractivity contribution in [2.45, 2.75) is 292 Å². The largest absolute Gasteiger partial charge is 0.510 e. The van der Waals surface area contributed by atoms with E-state index >= 15 is 0 Å². The van der Waals surface area contributed by atoms with E-state index in [-0.39, 0.29) is 31.3 Å². The topological polar surface area (TPSA) is 602 Å². The predicted molar refractivity (Wildman–Crippen MR) is 374 cm³/mol. The number of ether oxygens (including phenoxy) is 11. The highest BCUT2D eigenvalue weighted by molar-refractivity contribution is 7.47. The van der Waals surface area contributed by atoms with Crippen molar-refractivity contribution < 1.29 is 171 Å². The minimum Gasteiger partial charge on any atom is -0.510 e. The third-order valence-corrected chi connectivity index (χ3v) is 19.9. The number of hydrogen-bond acceptors (Lipinski definition) is 33. The molecule has 5 fully saturated rings. The smallest absolute Gasteiger partial charge is 0.474 e. The first kappa shape index (κ1) is 92.7. The molecule has 19 N–H and O–H groups in total. The van der Waals surface area contributed by atoms with Crippen LogP contribution in [-0.2, 0) is 94.5 Å². The molecule has 27 atom stereocenters. The second-order valence-corrected chi connectivity index (χ2v) is 30.5. The van der Waals surface area contributed by atoms with Crippen LogP contribution in [0.3, 0.4) is 0 Å². The number of carbonyl (C=O) groups is 7. The number of aliphatic hydroxyl groups is 12. The maximum absolute atomic E-state index is 13.9. The summed E-state index contributed by atoms with van der Waals surface area (Å²) < 4.78 is 87.7. The number of phosphoric acid groups is 1. The Balaban J connectivity index is 1.20. The molecule has 39 nitrogen and oxygen atoms in total. The molecule has 624 valence electrons. The van der Waals surface area contributed by atoms with Crippen LogP contribution in [0.4, 0.5) is 4.79 Å². The number of hydrogen-bond donors (Lipinski definition) is 18. The summed E-state index contributed by atoms with van der Waals surface area (Å²) in [6.07, 6.45) is -35.5. The van der Waals surface area contributed by atoms with Crippen molar-refractivity contribution in [3.05, 3.63) is 70.7 Å². The van der Waals surface area contributed by atoms with Crippen LogP contribution < -0.4 is 21.7 Å². The molecule has 4 amide bonds. The van der Waals surface area contributed by atoms with Crippen LogP contribution in [0.5, 0.6) is 0 Å². The summed E-state index contributed by atoms with van der Waals surface area (Å²) in [5, 5.41) is 150. The van der Waals surface area contributed by atoms with Gasteiger partial charge in [-0.3, -0.25) is 28.2 Å². The van der Waals surface area contributed by atoms with E-state index in [4.69, 9.17) is 66.9 Å². The zero-order valence-electron chi connectivity index (χ0n) is 62.8. The number of aliphatic hydroxyl groups excluding tert-OH is 11. The minimum atomic E-state index is -5.89. The fourth-order valence-electron chi connectivity index (χ4n) is 12.7. The molecule has 5 saturated heterocycles. The van der Waals surface area contributed by atoms with Crippen LogP contribution in [0.15, 0.2) is 70.7 Å². The van der Waals surface area contributed by atoms with Gasteiger partial charge in [-0.15, -0.1) is 0 Å². The number of phosphoric ester groups is 1. The summed E-state index contributed by atoms with van der Waals surface area (Å²) in [4.78, 5) is 102. The van der Waals surface area contributed by atoms with Gasteiger partial charge in [0.15, 0.2) is 67.8 Å². The van der Waals surface area contributed by atoms with E-state index in [1.54, 1.807) is 0 Å². The number of Topliss-reactive ketones (excluding diaryl/α,β-unsaturated/α-hetero) is 1. The van der Waals surface area contributed by atoms with Gasteiger partial charge in [0, 0.05) is 26.7 Å². The lowest BCUT2D eigenvalue weighted by molar-refractivity contribution is -0.375. The molecule has 40 heteroatoms. The molecule has 1 aliphatic carbocycles. The fraction of sp³-hybridized carbons (Fsp3) is 0.729. The summed E-state index contributed by atoms with van der Waals surface area (Å²) in [6.45, 7) is 16.8. The Morgan fingerprint density at radius 3 is 1.90 bits per heavy atom. The number of allylic oxidation sites excluding steroid dienone is 10. The van der Waals surface area contributed by atoms with E-state index in [0.29, 0.717) is 19.8 Å². The third-order valence-electron chi connectivity index (χ3n) is 19.0. The Bertz CT molecular complexity index is 3380. The number of carboxylic acids is 1. The van der Waals surface area contributed by atoms with Crippen LogP contribution in [0.1, 0.15) is 133 Å². The van der Waals surface area contributed by atoms with Gasteiger partial charge in [-0.2, -0.15) is 0 Å². The molecule has 6 rings (SSSR count). The van der Waals surface area contributed by atoms with Crippen molar-refractivity contribution in [2.75, 3.05) is 26.4 Å². The molecule has 1 unspecified atom stereocenters. The number of amides is 4. The van der Waals surface area contributed by atoms with Crippen LogP contribution in [0.2, 0.25) is 0 Å². The number of carboxylic acid groups (broad SMARTS) is 1. The monoisotopic (exact) mass is 1600 g/mol. The number of ketones is 1. The lowest BCUT2D eigenvalue weighted by Gasteiger charge is -2.51. The summed E-state index contributed by atoms with van der Waals surface area (Å²) in [6, 6.07) is -4.03. The molecule has 110 heavy (non-hydrogen) atoms. The van der Waals surface area contributed by atoms with E-state index in [0.717, 1.165) is 57.1 Å². The second kappa shape index (κ2) is 41.2. The Morgan fingerprint density at radius 1 is 0.718 bits per heavy atom. The zero-order valence-corrected chi connectivity index (χ0v) is 63.7. The number of esters is 1. The average molecular weight is 1600 g/mol. The zero-order chi connectivity index (χ0) is 82.2. The van der Waals surface area contributed by atoms with E-state index in [2.05, 4.69) is 81.5 Å². The Morgan fingerprint density at radius 2 is 1.30 bits per heavy atom. The highest BCUT2D eigenvalue weighted by Crippen LogP contribution is 2.49. The molecular weight excluding hydrogens is 1490 g/mol. The molecule has 5 aliphatic heterocycles. The summed E-state index contributed by atoms with van der Waals surface area (Å²) in [7, 11) is -5.89. The summed E-state index contributed by atoms with van der Waals surface area (Å²) >= 11 is 0. The van der Waals surface area contributed by atoms with Crippen molar-refractivity contribution >= 4 is 49.4 Å². The van der Waals surface area contributed by atoms with Crippen molar-refractivity contribution in [2.24, 2.45) is 11.1 Å². The van der Waals surface area contributed by atoms with Crippen LogP contribution in [-0.4, -0.2) is 298 Å². The normalized spacial score (nSPS) is 35.4. The van der Waals surface area contributed by atoms with Crippen molar-refractivity contribution in [3.63, 3.8) is 0 Å². The van der Waals surface area contributed by atoms with Gasteiger partial charge in [0.2, 0.25) is 11.8 Å². The molecule has 0 aromatic heterocycles. The number of rotatable bonds is 37. The van der Waals surface area contributed by atoms with Gasteiger partial charge < -0.3 is 145 Å². The van der Waals surface area contributed by atoms with Gasteiger partial charge in [0.05, 0.1) is 32.5 Å². The Labute approximate surface area is 634 Å². The second-order valence-electron chi connectivity index (χ2n) is 29.1. The van der Waals surface area contributed by atoms with E-state index in [1.807, 2.05) is 13.0 Å². The highest BCUT2D eigenvalue weighted by atomic mass is 31.2. The Kier molecular flexibility index (Phi) is 34.7. The van der Waals surface area contributed by atoms with Crippen molar-refractivity contribution in [3.8, 4) is 0 Å². The maximum Gasteiger partial charge on any atom is 0.474 e. The van der Waals surface area contributed by atoms with Gasteiger partial charge in [-0.25, -0.2) is 18.9 Å². The molecule has 0 aromatic rings. The van der Waals surface area contributed by atoms with Gasteiger partial charge in [0.1, 0.15) is 102 Å². The molecule has 0 radical (unpaired) electrons. The highest BCUT2D eigenvalue weighted by Gasteiger charge is 2.63. The van der Waals surface area contributed by atoms with Crippen LogP contribution in [0, 0.1) is 5.41 Å². The first-order chi connectivity index (χ1) is 51.4. The summed E-state index contributed by atoms with van der Waals surface area (Å²) in [5.41, 5.74) is 6.50. The molecule has 6 aliphatic rings. The van der Waals surface area contributed by atoms with E-state index in [9.17, 15) is 109 Å². The van der Waals surface area contributed by atoms with Crippen molar-refractivity contribution in [1.82, 2.24) is 16.0 Å². The number of nitrogens with one attached hydrogen (secondary N) is 3. The number of nitrogens with two attached hydrogens (primary N) is 1. The predicted octanol–water partition coefficient (Wildman–Crippen LogP) is -1.60. The molecular formula is C70H109N4O35P. The van der Waals surface area contributed by atoms with Crippen molar-refractivity contribution in [1.29, 1.82) is 0 Å². The minimum absolute atomic E-state index is 0.0883. The SMILES string of the molecule is C=C(CC=C(C)CCC=C(C)C)CCC(C)(C)C=CCCC(C)=CCCOC(=O)[C@H](O)COP(=O)(O)O[C@H]1O[C@H](C(=O)O)[C@@](C)(O)[C@H](OC(N)=O)[C@H]1O[C@@H]1O[C@H](CO[C@@H]2O[C@H](CO)[C@@H](O)[C@H](O)[C@H]2O)[C@@H](O[C@@H]2O[C@H](C)[C@@H](O[C@@H]3O[C@H](C(=O)NC4=C(O)CCC4=O)[C@H](O)[C@H](O)[C@H]3O)[C@H](O)[C@H]2NC(C)=O)[C@H](O)[C@H]1NC(C)=O. The molecule has 0 spiro atoms. The van der Waals surface area contributed by atoms with Gasteiger partial charge in [-0.1, -0.05) is 73.1 Å².